The number of carbonyl (C=O) groups excluding carboxylic acids is 2. The summed E-state index contributed by atoms with van der Waals surface area (Å²) in [5, 5.41) is 5.90. The monoisotopic (exact) mass is 359 g/mol. The SMILES string of the molecule is CCOC1CC(N)(C(=O)Nc2cc(C(=O)NC3CC3)ccc2C)C1(C)C. The Kier molecular flexibility index (Phi) is 4.84. The fourth-order valence-corrected chi connectivity index (χ4v) is 3.45. The normalized spacial score (nSPS) is 26.7. The molecule has 2 aliphatic carbocycles. The van der Waals surface area contributed by atoms with Crippen LogP contribution in [0.25, 0.3) is 0 Å². The Morgan fingerprint density at radius 2 is 2.00 bits per heavy atom. The number of hydrogen-bond acceptors (Lipinski definition) is 4. The van der Waals surface area contributed by atoms with Crippen molar-refractivity contribution in [2.24, 2.45) is 11.1 Å². The van der Waals surface area contributed by atoms with E-state index >= 15 is 0 Å². The number of nitrogens with one attached hydrogen (secondary N) is 2. The average molecular weight is 359 g/mol. The fraction of sp³-hybridized carbons (Fsp3) is 0.600. The van der Waals surface area contributed by atoms with E-state index in [9.17, 15) is 9.59 Å². The van der Waals surface area contributed by atoms with Gasteiger partial charge in [-0.2, -0.15) is 0 Å². The lowest BCUT2D eigenvalue weighted by molar-refractivity contribution is -0.166. The van der Waals surface area contributed by atoms with Crippen molar-refractivity contribution < 1.29 is 14.3 Å². The smallest absolute Gasteiger partial charge is 0.251 e. The first kappa shape index (κ1) is 18.9. The van der Waals surface area contributed by atoms with Crippen molar-refractivity contribution in [1.29, 1.82) is 0 Å². The molecule has 6 nitrogen and oxygen atoms in total. The first-order valence-corrected chi connectivity index (χ1v) is 9.32. The van der Waals surface area contributed by atoms with E-state index < -0.39 is 11.0 Å². The van der Waals surface area contributed by atoms with Crippen molar-refractivity contribution in [2.45, 2.75) is 64.6 Å². The number of anilines is 1. The second-order valence-corrected chi connectivity index (χ2v) is 8.07. The topological polar surface area (TPSA) is 93.4 Å². The first-order valence-electron chi connectivity index (χ1n) is 9.32. The summed E-state index contributed by atoms with van der Waals surface area (Å²) in [5.41, 5.74) is 7.05. The number of carbonyl (C=O) groups is 2. The van der Waals surface area contributed by atoms with Gasteiger partial charge < -0.3 is 21.1 Å². The van der Waals surface area contributed by atoms with Crippen molar-refractivity contribution in [2.75, 3.05) is 11.9 Å². The highest BCUT2D eigenvalue weighted by Gasteiger charge is 2.62. The molecule has 0 spiro atoms. The Morgan fingerprint density at radius 1 is 1.31 bits per heavy atom. The molecule has 3 rings (SSSR count). The van der Waals surface area contributed by atoms with E-state index in [2.05, 4.69) is 10.6 Å². The van der Waals surface area contributed by atoms with E-state index in [1.807, 2.05) is 33.8 Å². The molecule has 2 aliphatic rings. The predicted octanol–water partition coefficient (Wildman–Crippen LogP) is 2.36. The second kappa shape index (κ2) is 6.67. The molecule has 1 aromatic carbocycles. The molecular formula is C20H29N3O3. The van der Waals surface area contributed by atoms with E-state index in [4.69, 9.17) is 10.5 Å². The number of amides is 2. The van der Waals surface area contributed by atoms with Gasteiger partial charge in [0, 0.05) is 35.7 Å². The molecule has 4 N–H and O–H groups in total. The van der Waals surface area contributed by atoms with E-state index in [1.54, 1.807) is 12.1 Å². The highest BCUT2D eigenvalue weighted by Crippen LogP contribution is 2.50. The molecule has 6 heteroatoms. The molecule has 142 valence electrons. The molecule has 2 amide bonds. The number of aryl methyl sites for hydroxylation is 1. The van der Waals surface area contributed by atoms with Crippen LogP contribution in [0.15, 0.2) is 18.2 Å². The lowest BCUT2D eigenvalue weighted by Crippen LogP contribution is -2.74. The Balaban J connectivity index is 1.74. The van der Waals surface area contributed by atoms with Gasteiger partial charge in [0.05, 0.1) is 6.10 Å². The third-order valence-electron chi connectivity index (χ3n) is 5.90. The Bertz CT molecular complexity index is 727. The lowest BCUT2D eigenvalue weighted by Gasteiger charge is -2.57. The summed E-state index contributed by atoms with van der Waals surface area (Å²) in [7, 11) is 0. The molecule has 0 heterocycles. The summed E-state index contributed by atoms with van der Waals surface area (Å²) in [4.78, 5) is 25.2. The predicted molar refractivity (Wildman–Crippen MR) is 101 cm³/mol. The van der Waals surface area contributed by atoms with Crippen LogP contribution in [-0.2, 0) is 9.53 Å². The van der Waals surface area contributed by atoms with Crippen molar-refractivity contribution in [3.8, 4) is 0 Å². The molecule has 2 unspecified atom stereocenters. The van der Waals surface area contributed by atoms with Crippen LogP contribution in [0.3, 0.4) is 0 Å². The van der Waals surface area contributed by atoms with Crippen LogP contribution in [-0.4, -0.2) is 36.1 Å². The Morgan fingerprint density at radius 3 is 2.58 bits per heavy atom. The van der Waals surface area contributed by atoms with E-state index in [1.165, 1.54) is 0 Å². The fourth-order valence-electron chi connectivity index (χ4n) is 3.45. The molecule has 0 aliphatic heterocycles. The zero-order chi connectivity index (χ0) is 19.1. The first-order chi connectivity index (χ1) is 12.2. The molecule has 0 bridgehead atoms. The van der Waals surface area contributed by atoms with Crippen LogP contribution in [0.2, 0.25) is 0 Å². The molecule has 0 saturated heterocycles. The quantitative estimate of drug-likeness (QED) is 0.727. The summed E-state index contributed by atoms with van der Waals surface area (Å²) in [5.74, 6) is -0.341. The number of hydrogen-bond donors (Lipinski definition) is 3. The maximum absolute atomic E-state index is 12.9. The van der Waals surface area contributed by atoms with Gasteiger partial charge in [-0.05, 0) is 44.4 Å². The largest absolute Gasteiger partial charge is 0.378 e. The zero-order valence-electron chi connectivity index (χ0n) is 16.0. The molecule has 2 saturated carbocycles. The standard InChI is InChI=1S/C20H29N3O3/c1-5-26-16-11-20(21,19(16,3)4)18(25)23-15-10-13(7-6-12(15)2)17(24)22-14-8-9-14/h6-7,10,14,16H,5,8-9,11,21H2,1-4H3,(H,22,24)(H,23,25). The van der Waals surface area contributed by atoms with Gasteiger partial charge in [-0.15, -0.1) is 0 Å². The summed E-state index contributed by atoms with van der Waals surface area (Å²) in [6.45, 7) is 8.36. The Hall–Kier alpha value is -1.92. The van der Waals surface area contributed by atoms with Crippen LogP contribution in [0.1, 0.15) is 56.0 Å². The van der Waals surface area contributed by atoms with Crippen LogP contribution in [0.5, 0.6) is 0 Å². The maximum Gasteiger partial charge on any atom is 0.251 e. The van der Waals surface area contributed by atoms with Gasteiger partial charge in [0.15, 0.2) is 0 Å². The molecule has 0 radical (unpaired) electrons. The van der Waals surface area contributed by atoms with Gasteiger partial charge in [0.1, 0.15) is 5.54 Å². The summed E-state index contributed by atoms with van der Waals surface area (Å²) < 4.78 is 5.69. The van der Waals surface area contributed by atoms with Crippen LogP contribution >= 0.6 is 0 Å². The summed E-state index contributed by atoms with van der Waals surface area (Å²) >= 11 is 0. The molecule has 0 aromatic heterocycles. The van der Waals surface area contributed by atoms with Gasteiger partial charge in [-0.1, -0.05) is 19.9 Å². The highest BCUT2D eigenvalue weighted by molar-refractivity contribution is 6.02. The van der Waals surface area contributed by atoms with Gasteiger partial charge in [0.2, 0.25) is 5.91 Å². The van der Waals surface area contributed by atoms with Gasteiger partial charge in [-0.3, -0.25) is 9.59 Å². The highest BCUT2D eigenvalue weighted by atomic mass is 16.5. The van der Waals surface area contributed by atoms with Crippen molar-refractivity contribution >= 4 is 17.5 Å². The van der Waals surface area contributed by atoms with Gasteiger partial charge >= 0.3 is 0 Å². The third-order valence-corrected chi connectivity index (χ3v) is 5.90. The third kappa shape index (κ3) is 3.23. The van der Waals surface area contributed by atoms with Crippen LogP contribution in [0, 0.1) is 12.3 Å². The minimum absolute atomic E-state index is 0.0278. The van der Waals surface area contributed by atoms with E-state index in [0.29, 0.717) is 30.3 Å². The van der Waals surface area contributed by atoms with Crippen molar-refractivity contribution in [3.63, 3.8) is 0 Å². The number of nitrogens with two attached hydrogens (primary N) is 1. The summed E-state index contributed by atoms with van der Waals surface area (Å²) in [6.07, 6.45) is 2.53. The molecular weight excluding hydrogens is 330 g/mol. The Labute approximate surface area is 154 Å². The number of ether oxygens (including phenoxy) is 1. The minimum atomic E-state index is -0.994. The lowest BCUT2D eigenvalue weighted by atomic mass is 9.54. The average Bonchev–Trinajstić information content (AvgIpc) is 3.40. The van der Waals surface area contributed by atoms with Gasteiger partial charge in [-0.25, -0.2) is 0 Å². The summed E-state index contributed by atoms with van der Waals surface area (Å²) in [6, 6.07) is 5.63. The van der Waals surface area contributed by atoms with Crippen molar-refractivity contribution in [1.82, 2.24) is 5.32 Å². The number of rotatable bonds is 6. The van der Waals surface area contributed by atoms with Crippen LogP contribution in [0.4, 0.5) is 5.69 Å². The molecule has 1 aromatic rings. The minimum Gasteiger partial charge on any atom is -0.378 e. The zero-order valence-corrected chi connectivity index (χ0v) is 16.0. The van der Waals surface area contributed by atoms with E-state index in [-0.39, 0.29) is 17.9 Å². The van der Waals surface area contributed by atoms with E-state index in [0.717, 1.165) is 18.4 Å². The molecule has 2 fully saturated rings. The molecule has 26 heavy (non-hydrogen) atoms. The van der Waals surface area contributed by atoms with Crippen LogP contribution < -0.4 is 16.4 Å². The second-order valence-electron chi connectivity index (χ2n) is 8.07. The molecule has 2 atom stereocenters. The van der Waals surface area contributed by atoms with Gasteiger partial charge in [0.25, 0.3) is 5.91 Å². The maximum atomic E-state index is 12.9. The number of benzene rings is 1. The van der Waals surface area contributed by atoms with Crippen molar-refractivity contribution in [3.05, 3.63) is 29.3 Å².